The molecule has 0 N–H and O–H groups in total. The lowest BCUT2D eigenvalue weighted by Crippen LogP contribution is -2.58. The Morgan fingerprint density at radius 3 is 2.74 bits per heavy atom. The summed E-state index contributed by atoms with van der Waals surface area (Å²) >= 11 is 0. The lowest BCUT2D eigenvalue weighted by atomic mass is 9.82. The number of cyclic esters (lactones) is 1. The lowest BCUT2D eigenvalue weighted by Gasteiger charge is -2.44. The van der Waals surface area contributed by atoms with E-state index in [1.807, 2.05) is 12.2 Å². The zero-order valence-electron chi connectivity index (χ0n) is 14.0. The van der Waals surface area contributed by atoms with Gasteiger partial charge in [-0.15, -0.1) is 0 Å². The molecule has 0 saturated carbocycles. The second-order valence-electron chi connectivity index (χ2n) is 6.87. The fourth-order valence-corrected chi connectivity index (χ4v) is 6.48. The highest BCUT2D eigenvalue weighted by molar-refractivity contribution is 6.81. The van der Waals surface area contributed by atoms with Crippen molar-refractivity contribution >= 4 is 26.0 Å². The lowest BCUT2D eigenvalue weighted by molar-refractivity contribution is -0.160. The predicted octanol–water partition coefficient (Wildman–Crippen LogP) is 1.63. The maximum absolute atomic E-state index is 12.2. The quantitative estimate of drug-likeness (QED) is 0.335. The second kappa shape index (κ2) is 6.86. The summed E-state index contributed by atoms with van der Waals surface area (Å²) in [6, 6.07) is 0. The summed E-state index contributed by atoms with van der Waals surface area (Å²) in [5.74, 6) is -2.24. The minimum Gasteiger partial charge on any atom is -0.469 e. The summed E-state index contributed by atoms with van der Waals surface area (Å²) in [6.07, 6.45) is 4.99. The van der Waals surface area contributed by atoms with Crippen LogP contribution >= 0.6 is 0 Å². The van der Waals surface area contributed by atoms with Gasteiger partial charge in [0.15, 0.2) is 0 Å². The van der Waals surface area contributed by atoms with Gasteiger partial charge in [-0.1, -0.05) is 32.5 Å². The first-order valence-corrected chi connectivity index (χ1v) is 10.9. The number of methoxy groups -OCH3 is 1. The van der Waals surface area contributed by atoms with E-state index in [1.165, 1.54) is 7.11 Å². The minimum absolute atomic E-state index is 0.0819. The Labute approximate surface area is 137 Å². The average Bonchev–Trinajstić information content (AvgIpc) is 2.55. The molecule has 4 atom stereocenters. The monoisotopic (exact) mass is 340 g/mol. The van der Waals surface area contributed by atoms with Crippen molar-refractivity contribution in [1.82, 2.24) is 0 Å². The highest BCUT2D eigenvalue weighted by Crippen LogP contribution is 2.45. The number of carbonyl (C=O) groups excluding carboxylic acids is 3. The standard InChI is InChI=1S/C16H24O6Si/c1-10(2)14(17)21-8-23(4)9-22-16(19)13-11(15(18)20-3)6-5-7-12(13)23/h5,7,10-13H,6,8-9H2,1-4H3. The molecule has 0 amide bonds. The topological polar surface area (TPSA) is 78.9 Å². The number of rotatable bonds is 4. The SMILES string of the molecule is COC(=O)C1CC=CC2C1C(=O)OC[Si]2(C)COC(=O)C(C)C. The van der Waals surface area contributed by atoms with E-state index in [-0.39, 0.29) is 29.6 Å². The number of hydrogen-bond donors (Lipinski definition) is 0. The molecule has 7 heteroatoms. The zero-order chi connectivity index (χ0) is 17.2. The zero-order valence-corrected chi connectivity index (χ0v) is 15.0. The third-order valence-corrected chi connectivity index (χ3v) is 8.46. The molecule has 1 aliphatic carbocycles. The molecule has 6 nitrogen and oxygen atoms in total. The largest absolute Gasteiger partial charge is 0.469 e. The minimum atomic E-state index is -2.23. The smallest absolute Gasteiger partial charge is 0.309 e. The Morgan fingerprint density at radius 1 is 1.43 bits per heavy atom. The van der Waals surface area contributed by atoms with Crippen LogP contribution in [0, 0.1) is 17.8 Å². The van der Waals surface area contributed by atoms with Crippen molar-refractivity contribution in [1.29, 1.82) is 0 Å². The second-order valence-corrected chi connectivity index (χ2v) is 11.4. The van der Waals surface area contributed by atoms with Gasteiger partial charge in [0.25, 0.3) is 0 Å². The summed E-state index contributed by atoms with van der Waals surface area (Å²) < 4.78 is 15.6. The van der Waals surface area contributed by atoms with Crippen LogP contribution in [0.4, 0.5) is 0 Å². The molecule has 0 radical (unpaired) electrons. The first-order chi connectivity index (χ1) is 10.8. The van der Waals surface area contributed by atoms with Gasteiger partial charge in [-0.25, -0.2) is 0 Å². The Hall–Kier alpha value is -1.63. The number of hydrogen-bond acceptors (Lipinski definition) is 6. The van der Waals surface area contributed by atoms with Crippen molar-refractivity contribution in [3.8, 4) is 0 Å². The summed E-state index contributed by atoms with van der Waals surface area (Å²) in [7, 11) is -0.906. The van der Waals surface area contributed by atoms with E-state index in [0.29, 0.717) is 12.7 Å². The van der Waals surface area contributed by atoms with E-state index in [1.54, 1.807) is 13.8 Å². The Morgan fingerprint density at radius 2 is 2.13 bits per heavy atom. The molecule has 1 fully saturated rings. The molecule has 4 unspecified atom stereocenters. The summed E-state index contributed by atoms with van der Waals surface area (Å²) in [5.41, 5.74) is -0.0819. The molecule has 1 aliphatic heterocycles. The molecule has 0 aromatic carbocycles. The van der Waals surface area contributed by atoms with E-state index in [0.717, 1.165) is 0 Å². The van der Waals surface area contributed by atoms with Gasteiger partial charge in [0.2, 0.25) is 0 Å². The van der Waals surface area contributed by atoms with Crippen molar-refractivity contribution in [3.05, 3.63) is 12.2 Å². The number of allylic oxidation sites excluding steroid dienone is 2. The third kappa shape index (κ3) is 3.49. The average molecular weight is 340 g/mol. The molecular weight excluding hydrogens is 316 g/mol. The van der Waals surface area contributed by atoms with Crippen LogP contribution < -0.4 is 0 Å². The highest BCUT2D eigenvalue weighted by Gasteiger charge is 2.54. The highest BCUT2D eigenvalue weighted by atomic mass is 28.3. The first kappa shape index (κ1) is 17.7. The molecule has 2 rings (SSSR count). The molecule has 0 aromatic rings. The van der Waals surface area contributed by atoms with Crippen LogP contribution in [0.15, 0.2) is 12.2 Å². The number of ether oxygens (including phenoxy) is 3. The van der Waals surface area contributed by atoms with Crippen LogP contribution in [0.5, 0.6) is 0 Å². The molecule has 0 bridgehead atoms. The normalized spacial score (nSPS) is 32.9. The van der Waals surface area contributed by atoms with Gasteiger partial charge in [0.05, 0.1) is 37.3 Å². The van der Waals surface area contributed by atoms with Crippen LogP contribution in [0.2, 0.25) is 12.1 Å². The molecule has 128 valence electrons. The molecule has 23 heavy (non-hydrogen) atoms. The van der Waals surface area contributed by atoms with Gasteiger partial charge < -0.3 is 14.2 Å². The van der Waals surface area contributed by atoms with E-state index >= 15 is 0 Å². The van der Waals surface area contributed by atoms with Crippen molar-refractivity contribution in [2.75, 3.05) is 19.6 Å². The third-order valence-electron chi connectivity index (χ3n) is 4.69. The summed E-state index contributed by atoms with van der Waals surface area (Å²) in [6.45, 7) is 5.61. The van der Waals surface area contributed by atoms with Crippen molar-refractivity contribution in [3.63, 3.8) is 0 Å². The fraction of sp³-hybridized carbons (Fsp3) is 0.688. The van der Waals surface area contributed by atoms with Crippen molar-refractivity contribution in [2.45, 2.75) is 32.4 Å². The van der Waals surface area contributed by atoms with E-state index < -0.39 is 25.9 Å². The molecule has 2 aliphatic rings. The van der Waals surface area contributed by atoms with Gasteiger partial charge in [-0.3, -0.25) is 14.4 Å². The number of esters is 3. The van der Waals surface area contributed by atoms with Gasteiger partial charge in [-0.05, 0) is 12.0 Å². The first-order valence-electron chi connectivity index (χ1n) is 7.88. The predicted molar refractivity (Wildman–Crippen MR) is 84.9 cm³/mol. The van der Waals surface area contributed by atoms with Gasteiger partial charge >= 0.3 is 17.9 Å². The molecule has 0 aromatic heterocycles. The molecular formula is C16H24O6Si. The van der Waals surface area contributed by atoms with E-state index in [2.05, 4.69) is 6.55 Å². The number of fused-ring (bicyclic) bond motifs is 1. The molecule has 0 spiro atoms. The number of carbonyl (C=O) groups is 3. The van der Waals surface area contributed by atoms with Gasteiger partial charge in [0, 0.05) is 0 Å². The van der Waals surface area contributed by atoms with Crippen LogP contribution in [0.1, 0.15) is 20.3 Å². The van der Waals surface area contributed by atoms with Crippen molar-refractivity contribution in [2.24, 2.45) is 17.8 Å². The van der Waals surface area contributed by atoms with E-state index in [4.69, 9.17) is 14.2 Å². The van der Waals surface area contributed by atoms with E-state index in [9.17, 15) is 14.4 Å². The van der Waals surface area contributed by atoms with Crippen molar-refractivity contribution < 1.29 is 28.6 Å². The maximum atomic E-state index is 12.2. The summed E-state index contributed by atoms with van der Waals surface area (Å²) in [4.78, 5) is 36.0. The van der Waals surface area contributed by atoms with Crippen LogP contribution in [-0.2, 0) is 28.6 Å². The van der Waals surface area contributed by atoms with Crippen LogP contribution in [0.3, 0.4) is 0 Å². The Bertz CT molecular complexity index is 529. The van der Waals surface area contributed by atoms with Crippen LogP contribution in [-0.4, -0.2) is 45.6 Å². The van der Waals surface area contributed by atoms with Gasteiger partial charge in [-0.2, -0.15) is 0 Å². The summed E-state index contributed by atoms with van der Waals surface area (Å²) in [5, 5.41) is 0. The molecule has 1 heterocycles. The van der Waals surface area contributed by atoms with Gasteiger partial charge in [0.1, 0.15) is 8.07 Å². The molecule has 1 saturated heterocycles. The maximum Gasteiger partial charge on any atom is 0.309 e. The Balaban J connectivity index is 2.21. The fourth-order valence-electron chi connectivity index (χ4n) is 3.23. The Kier molecular flexibility index (Phi) is 5.29. The van der Waals surface area contributed by atoms with Crippen LogP contribution in [0.25, 0.3) is 0 Å².